The SMILES string of the molecule is C=CCC(C(F)(F)F)(C(F)(F)F)C(OC)(O[Si](C)(C)C)C(F)(F)F.C=CCC(C)(C(F)(F)F)C(C=C)(OC)C(F)(F)F.COC1(C(F)(F)F)C=CCC1(C(F)(F)F)C(F)(F)F. The van der Waals surface area contributed by atoms with Crippen LogP contribution in [0, 0.1) is 16.2 Å². The van der Waals surface area contributed by atoms with Crippen LogP contribution in [-0.2, 0) is 18.6 Å². The van der Waals surface area contributed by atoms with Gasteiger partial charge in [0.2, 0.25) is 16.4 Å². The Morgan fingerprint density at radius 1 is 0.557 bits per heavy atom. The molecule has 4 nitrogen and oxygen atoms in total. The van der Waals surface area contributed by atoms with Crippen LogP contribution in [0.5, 0.6) is 0 Å². The molecule has 0 bridgehead atoms. The number of methoxy groups -OCH3 is 3. The molecule has 0 fully saturated rings. The van der Waals surface area contributed by atoms with Crippen molar-refractivity contribution >= 4 is 8.32 Å². The zero-order valence-corrected chi connectivity index (χ0v) is 33.3. The summed E-state index contributed by atoms with van der Waals surface area (Å²) in [7, 11) is -2.77. The molecule has 0 N–H and O–H groups in total. The molecule has 0 aliphatic heterocycles. The summed E-state index contributed by atoms with van der Waals surface area (Å²) < 4.78 is 330. The van der Waals surface area contributed by atoms with Crippen molar-refractivity contribution in [3.63, 3.8) is 0 Å². The van der Waals surface area contributed by atoms with E-state index in [1.54, 1.807) is 0 Å². The van der Waals surface area contributed by atoms with Crippen molar-refractivity contribution in [3.8, 4) is 0 Å². The summed E-state index contributed by atoms with van der Waals surface area (Å²) in [5.41, 5.74) is -21.6. The van der Waals surface area contributed by atoms with E-state index >= 15 is 0 Å². The standard InChI is InChI=1S/C12H17F9O2Si.C11H14F6O.C9H7F9O/c1-6-7-8(10(13,14)15,11(16,17)18)9(22-2,12(19,20)21)23-24(3,4)5;1-5-7-8(3,10(12,13)14)9(6-2,18-4)11(15,16)17;1-19-6(9(16,17)18)4-2-3-5(6,7(10,11)12)8(13,14)15/h6H,1,7H2,2-5H3;5-6H,1-2,7H2,3-4H3;2,4H,3H2,1H3. The van der Waals surface area contributed by atoms with Gasteiger partial charge >= 0.3 is 49.4 Å². The normalized spacial score (nSPS) is 21.4. The Morgan fingerprint density at radius 3 is 1.13 bits per heavy atom. The molecule has 1 aliphatic rings. The molecule has 4 unspecified atom stereocenters. The smallest absolute Gasteiger partial charge is 0.383 e. The van der Waals surface area contributed by atoms with E-state index in [0.717, 1.165) is 25.7 Å². The van der Waals surface area contributed by atoms with Gasteiger partial charge in [0.1, 0.15) is 5.41 Å². The van der Waals surface area contributed by atoms with E-state index < -0.39 is 110 Å². The molecule has 0 aromatic heterocycles. The molecule has 0 spiro atoms. The van der Waals surface area contributed by atoms with Crippen molar-refractivity contribution < 1.29 is 124 Å². The van der Waals surface area contributed by atoms with E-state index in [9.17, 15) is 105 Å². The van der Waals surface area contributed by atoms with Gasteiger partial charge in [-0.25, -0.2) is 0 Å². The summed E-state index contributed by atoms with van der Waals surface area (Å²) in [6.45, 7) is 12.1. The molecule has 0 radical (unpaired) electrons. The highest BCUT2D eigenvalue weighted by Crippen LogP contribution is 2.67. The first kappa shape index (κ1) is 60.4. The average molecular weight is 971 g/mol. The molecular formula is C32H38F24O4Si. The van der Waals surface area contributed by atoms with Crippen LogP contribution in [0.15, 0.2) is 50.1 Å². The highest BCUT2D eigenvalue weighted by molar-refractivity contribution is 6.69. The van der Waals surface area contributed by atoms with E-state index in [2.05, 4.69) is 38.4 Å². The average Bonchev–Trinajstić information content (AvgIpc) is 3.44. The third kappa shape index (κ3) is 10.3. The van der Waals surface area contributed by atoms with Crippen LogP contribution in [0.3, 0.4) is 0 Å². The van der Waals surface area contributed by atoms with Crippen LogP contribution < -0.4 is 0 Å². The number of alkyl halides is 24. The lowest BCUT2D eigenvalue weighted by atomic mass is 9.69. The highest BCUT2D eigenvalue weighted by atomic mass is 28.4. The lowest BCUT2D eigenvalue weighted by molar-refractivity contribution is -0.484. The van der Waals surface area contributed by atoms with Gasteiger partial charge in [0.25, 0.3) is 5.79 Å². The van der Waals surface area contributed by atoms with Crippen LogP contribution in [0.2, 0.25) is 19.6 Å². The van der Waals surface area contributed by atoms with Crippen LogP contribution in [0.1, 0.15) is 26.2 Å². The number of ether oxygens (including phenoxy) is 3. The largest absolute Gasteiger partial charge is 0.443 e. The second-order valence-electron chi connectivity index (χ2n) is 13.8. The van der Waals surface area contributed by atoms with Crippen molar-refractivity contribution in [1.82, 2.24) is 0 Å². The van der Waals surface area contributed by atoms with Crippen molar-refractivity contribution in [2.24, 2.45) is 16.2 Å². The lowest BCUT2D eigenvalue weighted by Gasteiger charge is -2.51. The Balaban J connectivity index is 0. The minimum atomic E-state index is -6.38. The molecule has 1 aliphatic carbocycles. The van der Waals surface area contributed by atoms with E-state index in [0.29, 0.717) is 14.0 Å². The number of hydrogen-bond acceptors (Lipinski definition) is 4. The van der Waals surface area contributed by atoms with E-state index in [1.807, 2.05) is 0 Å². The molecule has 61 heavy (non-hydrogen) atoms. The first-order chi connectivity index (χ1) is 26.5. The predicted octanol–water partition coefficient (Wildman–Crippen LogP) is 13.7. The molecule has 362 valence electrons. The summed E-state index contributed by atoms with van der Waals surface area (Å²) in [5.74, 6) is -4.96. The topological polar surface area (TPSA) is 36.9 Å². The third-order valence-electron chi connectivity index (χ3n) is 9.24. The molecule has 0 heterocycles. The molecule has 1 rings (SSSR count). The fraction of sp³-hybridized carbons (Fsp3) is 0.750. The number of hydrogen-bond donors (Lipinski definition) is 0. The Labute approximate surface area is 332 Å². The Morgan fingerprint density at radius 2 is 0.951 bits per heavy atom. The van der Waals surface area contributed by atoms with Gasteiger partial charge in [0, 0.05) is 21.3 Å². The zero-order chi connectivity index (χ0) is 50.0. The highest BCUT2D eigenvalue weighted by Gasteiger charge is 2.88. The van der Waals surface area contributed by atoms with Crippen molar-refractivity contribution in [2.75, 3.05) is 21.3 Å². The maximum atomic E-state index is 13.5. The summed E-state index contributed by atoms with van der Waals surface area (Å²) in [6, 6.07) is 0. The predicted molar refractivity (Wildman–Crippen MR) is 169 cm³/mol. The van der Waals surface area contributed by atoms with Gasteiger partial charge in [-0.1, -0.05) is 30.9 Å². The Hall–Kier alpha value is -2.66. The molecule has 0 aromatic rings. The maximum absolute atomic E-state index is 13.5. The van der Waals surface area contributed by atoms with Crippen LogP contribution in [0.4, 0.5) is 105 Å². The van der Waals surface area contributed by atoms with Gasteiger partial charge in [-0.2, -0.15) is 105 Å². The van der Waals surface area contributed by atoms with Gasteiger partial charge in [0.15, 0.2) is 13.9 Å². The molecular weight excluding hydrogens is 932 g/mol. The maximum Gasteiger partial charge on any atom is 0.443 e. The number of allylic oxidation sites excluding steroid dienone is 3. The molecule has 29 heteroatoms. The van der Waals surface area contributed by atoms with Crippen molar-refractivity contribution in [2.45, 2.75) is 112 Å². The van der Waals surface area contributed by atoms with Crippen LogP contribution >= 0.6 is 0 Å². The summed E-state index contributed by atoms with van der Waals surface area (Å²) >= 11 is 0. The van der Waals surface area contributed by atoms with Gasteiger partial charge in [-0.05, 0) is 51.9 Å². The first-order valence-corrected chi connectivity index (χ1v) is 19.4. The van der Waals surface area contributed by atoms with Crippen LogP contribution in [0.25, 0.3) is 0 Å². The fourth-order valence-corrected chi connectivity index (χ4v) is 7.55. The second-order valence-corrected chi connectivity index (χ2v) is 18.3. The number of halogens is 24. The minimum Gasteiger partial charge on any atom is -0.383 e. The van der Waals surface area contributed by atoms with Gasteiger partial charge < -0.3 is 18.6 Å². The quantitative estimate of drug-likeness (QED) is 0.0845. The number of rotatable bonds is 12. The molecule has 0 saturated carbocycles. The Bertz CT molecular complexity index is 1460. The summed E-state index contributed by atoms with van der Waals surface area (Å²) in [6.07, 6.45) is -51.5. The fourth-order valence-electron chi connectivity index (χ4n) is 6.31. The monoisotopic (exact) mass is 970 g/mol. The van der Waals surface area contributed by atoms with E-state index in [-0.39, 0.29) is 38.5 Å². The lowest BCUT2D eigenvalue weighted by Crippen LogP contribution is -2.73. The molecule has 4 atom stereocenters. The third-order valence-corrected chi connectivity index (χ3v) is 10.1. The summed E-state index contributed by atoms with van der Waals surface area (Å²) in [4.78, 5) is 0. The zero-order valence-electron chi connectivity index (χ0n) is 32.3. The summed E-state index contributed by atoms with van der Waals surface area (Å²) in [5, 5.41) is 0. The molecule has 0 aromatic carbocycles. The van der Waals surface area contributed by atoms with Crippen LogP contribution in [-0.4, -0.2) is 96.0 Å². The second kappa shape index (κ2) is 18.4. The molecule has 0 saturated heterocycles. The first-order valence-electron chi connectivity index (χ1n) is 16.0. The van der Waals surface area contributed by atoms with Gasteiger partial charge in [0.05, 0.1) is 0 Å². The van der Waals surface area contributed by atoms with E-state index in [4.69, 9.17) is 0 Å². The minimum absolute atomic E-state index is 0.100. The van der Waals surface area contributed by atoms with Gasteiger partial charge in [-0.3, -0.25) is 0 Å². The molecule has 0 amide bonds. The Kier molecular flexibility index (Phi) is 18.3. The van der Waals surface area contributed by atoms with E-state index in [1.165, 1.54) is 0 Å². The van der Waals surface area contributed by atoms with Crippen molar-refractivity contribution in [3.05, 3.63) is 50.1 Å². The van der Waals surface area contributed by atoms with Gasteiger partial charge in [-0.15, -0.1) is 13.2 Å². The van der Waals surface area contributed by atoms with Crippen molar-refractivity contribution in [1.29, 1.82) is 0 Å².